The standard InChI is InChI=1S/C20H16N2O5/c1-5-13-11-15(14-7-6-8-16(22(23)24)19(14)21-13)12-9-17(25-2)20(27-4)18(10-12)26-3/h1,6-11H,2-4H3. The SMILES string of the molecule is C#Cc1cc(-c2cc(OC)c(OC)c(OC)c2)c2cccc([N+](=O)[O-])c2n1. The molecule has 3 rings (SSSR count). The molecule has 0 amide bonds. The molecule has 0 N–H and O–H groups in total. The summed E-state index contributed by atoms with van der Waals surface area (Å²) in [4.78, 5) is 15.2. The second-order valence-electron chi connectivity index (χ2n) is 5.54. The van der Waals surface area contributed by atoms with Crippen molar-refractivity contribution < 1.29 is 19.1 Å². The van der Waals surface area contributed by atoms with Gasteiger partial charge in [-0.3, -0.25) is 10.1 Å². The number of terminal acetylenes is 1. The van der Waals surface area contributed by atoms with Crippen LogP contribution in [0.25, 0.3) is 22.0 Å². The van der Waals surface area contributed by atoms with Crippen LogP contribution in [0.2, 0.25) is 0 Å². The third-order valence-corrected chi connectivity index (χ3v) is 4.14. The molecule has 136 valence electrons. The van der Waals surface area contributed by atoms with E-state index in [9.17, 15) is 10.1 Å². The first kappa shape index (κ1) is 18.0. The summed E-state index contributed by atoms with van der Waals surface area (Å²) in [6, 6.07) is 9.99. The number of hydrogen-bond donors (Lipinski definition) is 0. The summed E-state index contributed by atoms with van der Waals surface area (Å²) in [6.07, 6.45) is 5.52. The number of rotatable bonds is 5. The molecule has 0 saturated heterocycles. The number of nitro groups is 1. The summed E-state index contributed by atoms with van der Waals surface area (Å²) >= 11 is 0. The quantitative estimate of drug-likeness (QED) is 0.389. The number of benzene rings is 2. The molecule has 0 saturated carbocycles. The van der Waals surface area contributed by atoms with Crippen molar-refractivity contribution in [1.82, 2.24) is 4.98 Å². The van der Waals surface area contributed by atoms with E-state index >= 15 is 0 Å². The maximum Gasteiger partial charge on any atom is 0.295 e. The lowest BCUT2D eigenvalue weighted by atomic mass is 9.98. The Balaban J connectivity index is 2.40. The van der Waals surface area contributed by atoms with Crippen LogP contribution in [0, 0.1) is 22.5 Å². The van der Waals surface area contributed by atoms with Crippen molar-refractivity contribution in [3.05, 3.63) is 52.2 Å². The minimum atomic E-state index is -0.478. The van der Waals surface area contributed by atoms with Crippen LogP contribution < -0.4 is 14.2 Å². The van der Waals surface area contributed by atoms with Crippen molar-refractivity contribution in [2.75, 3.05) is 21.3 Å². The highest BCUT2D eigenvalue weighted by atomic mass is 16.6. The molecule has 0 atom stereocenters. The second-order valence-corrected chi connectivity index (χ2v) is 5.54. The van der Waals surface area contributed by atoms with Crippen molar-refractivity contribution in [1.29, 1.82) is 0 Å². The van der Waals surface area contributed by atoms with Gasteiger partial charge in [-0.05, 0) is 29.3 Å². The van der Waals surface area contributed by atoms with Crippen LogP contribution >= 0.6 is 0 Å². The van der Waals surface area contributed by atoms with E-state index in [1.165, 1.54) is 27.4 Å². The van der Waals surface area contributed by atoms with Crippen LogP contribution in [0.4, 0.5) is 5.69 Å². The Morgan fingerprint density at radius 2 is 1.74 bits per heavy atom. The predicted molar refractivity (Wildman–Crippen MR) is 101 cm³/mol. The van der Waals surface area contributed by atoms with Gasteiger partial charge in [0, 0.05) is 11.5 Å². The molecule has 0 radical (unpaired) electrons. The highest BCUT2D eigenvalue weighted by Gasteiger charge is 2.20. The number of ether oxygens (including phenoxy) is 3. The molecule has 0 spiro atoms. The first-order chi connectivity index (χ1) is 13.0. The molecular weight excluding hydrogens is 348 g/mol. The lowest BCUT2D eigenvalue weighted by Gasteiger charge is -2.15. The topological polar surface area (TPSA) is 83.7 Å². The van der Waals surface area contributed by atoms with Crippen LogP contribution in [0.3, 0.4) is 0 Å². The molecule has 0 unspecified atom stereocenters. The van der Waals surface area contributed by atoms with Crippen LogP contribution in [-0.2, 0) is 0 Å². The largest absolute Gasteiger partial charge is 0.493 e. The summed E-state index contributed by atoms with van der Waals surface area (Å²) in [5.74, 6) is 3.83. The van der Waals surface area contributed by atoms with Gasteiger partial charge < -0.3 is 14.2 Å². The molecule has 0 aliphatic rings. The molecule has 1 aromatic heterocycles. The summed E-state index contributed by atoms with van der Waals surface area (Å²) in [6.45, 7) is 0. The summed E-state index contributed by atoms with van der Waals surface area (Å²) in [5, 5.41) is 12.0. The van der Waals surface area contributed by atoms with Gasteiger partial charge in [0.2, 0.25) is 5.75 Å². The molecule has 27 heavy (non-hydrogen) atoms. The number of aromatic nitrogens is 1. The van der Waals surface area contributed by atoms with E-state index in [0.29, 0.717) is 39.5 Å². The number of non-ortho nitro benzene ring substituents is 1. The van der Waals surface area contributed by atoms with Crippen molar-refractivity contribution in [2.45, 2.75) is 0 Å². The van der Waals surface area contributed by atoms with Crippen molar-refractivity contribution in [3.8, 4) is 40.7 Å². The molecule has 0 aliphatic carbocycles. The number of nitro benzene ring substituents is 1. The van der Waals surface area contributed by atoms with Gasteiger partial charge >= 0.3 is 0 Å². The normalized spacial score (nSPS) is 10.3. The van der Waals surface area contributed by atoms with Gasteiger partial charge in [-0.2, -0.15) is 0 Å². The van der Waals surface area contributed by atoms with Crippen molar-refractivity contribution in [3.63, 3.8) is 0 Å². The molecule has 0 fully saturated rings. The average Bonchev–Trinajstić information content (AvgIpc) is 2.70. The smallest absolute Gasteiger partial charge is 0.295 e. The molecule has 2 aromatic carbocycles. The highest BCUT2D eigenvalue weighted by molar-refractivity contribution is 5.99. The second kappa shape index (κ2) is 7.22. The Morgan fingerprint density at radius 3 is 2.26 bits per heavy atom. The van der Waals surface area contributed by atoms with Gasteiger partial charge in [0.05, 0.1) is 26.3 Å². The number of methoxy groups -OCH3 is 3. The van der Waals surface area contributed by atoms with E-state index in [0.717, 1.165) is 0 Å². The maximum absolute atomic E-state index is 11.4. The van der Waals surface area contributed by atoms with Crippen molar-refractivity contribution >= 4 is 16.6 Å². The van der Waals surface area contributed by atoms with E-state index in [4.69, 9.17) is 20.6 Å². The van der Waals surface area contributed by atoms with Gasteiger partial charge in [0.25, 0.3) is 5.69 Å². The van der Waals surface area contributed by atoms with Crippen LogP contribution in [0.15, 0.2) is 36.4 Å². The summed E-state index contributed by atoms with van der Waals surface area (Å²) in [5.41, 5.74) is 1.78. The molecule has 0 bridgehead atoms. The number of para-hydroxylation sites is 1. The lowest BCUT2D eigenvalue weighted by Crippen LogP contribution is -1.98. The third-order valence-electron chi connectivity index (χ3n) is 4.14. The fourth-order valence-electron chi connectivity index (χ4n) is 2.93. The van der Waals surface area contributed by atoms with Gasteiger partial charge in [-0.15, -0.1) is 6.42 Å². The van der Waals surface area contributed by atoms with Gasteiger partial charge in [-0.1, -0.05) is 18.1 Å². The maximum atomic E-state index is 11.4. The van der Waals surface area contributed by atoms with Gasteiger partial charge in [0.1, 0.15) is 11.2 Å². The fraction of sp³-hybridized carbons (Fsp3) is 0.150. The lowest BCUT2D eigenvalue weighted by molar-refractivity contribution is -0.383. The number of hydrogen-bond acceptors (Lipinski definition) is 6. The Hall–Kier alpha value is -3.79. The minimum absolute atomic E-state index is 0.113. The molecule has 1 heterocycles. The van der Waals surface area contributed by atoms with E-state index in [1.54, 1.807) is 30.3 Å². The zero-order valence-electron chi connectivity index (χ0n) is 15.0. The first-order valence-electron chi connectivity index (χ1n) is 7.89. The minimum Gasteiger partial charge on any atom is -0.493 e. The number of nitrogens with zero attached hydrogens (tertiary/aromatic N) is 2. The van der Waals surface area contributed by atoms with Gasteiger partial charge in [-0.25, -0.2) is 4.98 Å². The molecule has 7 nitrogen and oxygen atoms in total. The fourth-order valence-corrected chi connectivity index (χ4v) is 2.93. The van der Waals surface area contributed by atoms with Crippen LogP contribution in [0.5, 0.6) is 17.2 Å². The molecule has 3 aromatic rings. The molecular formula is C20H16N2O5. The van der Waals surface area contributed by atoms with E-state index in [1.807, 2.05) is 0 Å². The Labute approximate surface area is 155 Å². The van der Waals surface area contributed by atoms with E-state index < -0.39 is 4.92 Å². The predicted octanol–water partition coefficient (Wildman–Crippen LogP) is 3.82. The van der Waals surface area contributed by atoms with Crippen molar-refractivity contribution in [2.24, 2.45) is 0 Å². The zero-order valence-corrected chi connectivity index (χ0v) is 15.0. The number of pyridine rings is 1. The van der Waals surface area contributed by atoms with E-state index in [2.05, 4.69) is 10.9 Å². The summed E-state index contributed by atoms with van der Waals surface area (Å²) in [7, 11) is 4.55. The summed E-state index contributed by atoms with van der Waals surface area (Å²) < 4.78 is 16.2. The monoisotopic (exact) mass is 364 g/mol. The first-order valence-corrected chi connectivity index (χ1v) is 7.89. The number of fused-ring (bicyclic) bond motifs is 1. The zero-order chi connectivity index (χ0) is 19.6. The molecule has 0 aliphatic heterocycles. The highest BCUT2D eigenvalue weighted by Crippen LogP contribution is 2.43. The van der Waals surface area contributed by atoms with Gasteiger partial charge in [0.15, 0.2) is 11.5 Å². The average molecular weight is 364 g/mol. The van der Waals surface area contributed by atoms with Crippen LogP contribution in [0.1, 0.15) is 5.69 Å². The Kier molecular flexibility index (Phi) is 4.81. The van der Waals surface area contributed by atoms with E-state index in [-0.39, 0.29) is 11.2 Å². The molecule has 7 heteroatoms. The third kappa shape index (κ3) is 3.09. The van der Waals surface area contributed by atoms with Crippen LogP contribution in [-0.4, -0.2) is 31.2 Å². The Morgan fingerprint density at radius 1 is 1.07 bits per heavy atom. The Bertz CT molecular complexity index is 1060.